The third kappa shape index (κ3) is 3.61. The lowest BCUT2D eigenvalue weighted by molar-refractivity contribution is -0.117. The van der Waals surface area contributed by atoms with Gasteiger partial charge in [0.15, 0.2) is 5.76 Å². The summed E-state index contributed by atoms with van der Waals surface area (Å²) in [4.78, 5) is 13.8. The van der Waals surface area contributed by atoms with E-state index in [4.69, 9.17) is 0 Å². The zero-order valence-electron chi connectivity index (χ0n) is 16.9. The molecule has 1 heterocycles. The summed E-state index contributed by atoms with van der Waals surface area (Å²) in [7, 11) is -4.22. The third-order valence-corrected chi connectivity index (χ3v) is 7.17. The normalized spacial score (nSPS) is 16.8. The second-order valence-corrected chi connectivity index (χ2v) is 9.41. The number of carbonyl (C=O) groups excluding carboxylic acids is 1. The quantitative estimate of drug-likeness (QED) is 0.638. The van der Waals surface area contributed by atoms with Crippen LogP contribution in [0.5, 0.6) is 0 Å². The van der Waals surface area contributed by atoms with E-state index in [0.29, 0.717) is 11.3 Å². The van der Waals surface area contributed by atoms with E-state index in [1.807, 2.05) is 13.8 Å². The zero-order valence-corrected chi connectivity index (χ0v) is 17.7. The monoisotopic (exact) mass is 437 g/mol. The lowest BCUT2D eigenvalue weighted by Crippen LogP contribution is -2.31. The number of sulfone groups is 1. The van der Waals surface area contributed by atoms with Gasteiger partial charge >= 0.3 is 0 Å². The van der Waals surface area contributed by atoms with Gasteiger partial charge in [0.2, 0.25) is 9.84 Å². The van der Waals surface area contributed by atoms with Crippen LogP contribution in [0.4, 0.5) is 10.1 Å². The van der Waals surface area contributed by atoms with Crippen molar-refractivity contribution >= 4 is 21.4 Å². The van der Waals surface area contributed by atoms with Gasteiger partial charge in [-0.05, 0) is 55.8 Å². The molecule has 158 valence electrons. The first-order valence-electron chi connectivity index (χ1n) is 9.61. The minimum absolute atomic E-state index is 0.0367. The van der Waals surface area contributed by atoms with Gasteiger partial charge in [-0.25, -0.2) is 12.8 Å². The molecular formula is C24H20FNO4S. The number of benzene rings is 3. The number of aryl methyl sites for hydroxylation is 2. The number of hydrogen-bond acceptors (Lipinski definition) is 4. The van der Waals surface area contributed by atoms with Gasteiger partial charge in [-0.3, -0.25) is 9.69 Å². The van der Waals surface area contributed by atoms with Crippen LogP contribution in [0.1, 0.15) is 22.7 Å². The van der Waals surface area contributed by atoms with Gasteiger partial charge in [0, 0.05) is 5.69 Å². The van der Waals surface area contributed by atoms with E-state index in [9.17, 15) is 22.7 Å². The van der Waals surface area contributed by atoms with Gasteiger partial charge in [0.05, 0.1) is 4.90 Å². The van der Waals surface area contributed by atoms with Crippen molar-refractivity contribution in [3.63, 3.8) is 0 Å². The number of hydrogen-bond donors (Lipinski definition) is 1. The summed E-state index contributed by atoms with van der Waals surface area (Å²) in [5, 5.41) is 10.7. The Balaban J connectivity index is 1.93. The average Bonchev–Trinajstić information content (AvgIpc) is 3.01. The molecule has 1 aliphatic rings. The number of aliphatic hydroxyl groups is 1. The molecule has 0 saturated carbocycles. The minimum Gasteiger partial charge on any atom is -0.502 e. The molecule has 1 N–H and O–H groups in total. The van der Waals surface area contributed by atoms with Crippen LogP contribution in [0.25, 0.3) is 0 Å². The highest BCUT2D eigenvalue weighted by atomic mass is 32.2. The van der Waals surface area contributed by atoms with E-state index in [-0.39, 0.29) is 4.90 Å². The highest BCUT2D eigenvalue weighted by Crippen LogP contribution is 2.44. The standard InChI is InChI=1S/C24H20FNO4S/c1-15-3-11-19(12-4-15)26-21(17-7-9-18(25)10-8-17)23(22(27)24(26)28)31(29,30)20-13-5-16(2)6-14-20/h3-14,21,27H,1-2H3. The van der Waals surface area contributed by atoms with Gasteiger partial charge in [0.1, 0.15) is 16.8 Å². The fraction of sp³-hybridized carbons (Fsp3) is 0.125. The highest BCUT2D eigenvalue weighted by Gasteiger charge is 2.47. The lowest BCUT2D eigenvalue weighted by Gasteiger charge is -2.27. The Morgan fingerprint density at radius 1 is 0.839 bits per heavy atom. The van der Waals surface area contributed by atoms with Crippen molar-refractivity contribution in [2.24, 2.45) is 0 Å². The Kier molecular flexibility index (Phi) is 5.15. The molecule has 0 bridgehead atoms. The van der Waals surface area contributed by atoms with Crippen LogP contribution >= 0.6 is 0 Å². The molecule has 31 heavy (non-hydrogen) atoms. The summed E-state index contributed by atoms with van der Waals surface area (Å²) in [6.45, 7) is 3.71. The number of halogens is 1. The molecule has 3 aromatic rings. The molecule has 4 rings (SSSR count). The Morgan fingerprint density at radius 3 is 1.90 bits per heavy atom. The molecule has 1 atom stereocenters. The first-order valence-corrected chi connectivity index (χ1v) is 11.1. The summed E-state index contributed by atoms with van der Waals surface area (Å²) >= 11 is 0. The van der Waals surface area contributed by atoms with Gasteiger partial charge in [0.25, 0.3) is 5.91 Å². The fourth-order valence-electron chi connectivity index (χ4n) is 3.62. The van der Waals surface area contributed by atoms with Crippen LogP contribution in [0, 0.1) is 19.7 Å². The Morgan fingerprint density at radius 2 is 1.35 bits per heavy atom. The van der Waals surface area contributed by atoms with E-state index >= 15 is 0 Å². The predicted octanol–water partition coefficient (Wildman–Crippen LogP) is 4.77. The van der Waals surface area contributed by atoms with E-state index in [2.05, 4.69) is 0 Å². The number of amides is 1. The Hall–Kier alpha value is -3.45. The van der Waals surface area contributed by atoms with E-state index in [1.54, 1.807) is 36.4 Å². The number of rotatable bonds is 4. The molecular weight excluding hydrogens is 417 g/mol. The summed E-state index contributed by atoms with van der Waals surface area (Å²) in [6, 6.07) is 17.2. The van der Waals surface area contributed by atoms with Crippen LogP contribution in [0.3, 0.4) is 0 Å². The molecule has 3 aromatic carbocycles. The van der Waals surface area contributed by atoms with Crippen LogP contribution in [0.2, 0.25) is 0 Å². The molecule has 0 aliphatic carbocycles. The number of nitrogens with zero attached hydrogens (tertiary/aromatic N) is 1. The number of carbonyl (C=O) groups is 1. The van der Waals surface area contributed by atoms with Crippen molar-refractivity contribution in [2.75, 3.05) is 4.90 Å². The third-order valence-electron chi connectivity index (χ3n) is 5.28. The molecule has 0 saturated heterocycles. The molecule has 7 heteroatoms. The molecule has 0 radical (unpaired) electrons. The molecule has 1 amide bonds. The van der Waals surface area contributed by atoms with Gasteiger partial charge in [-0.2, -0.15) is 0 Å². The van der Waals surface area contributed by atoms with Crippen LogP contribution in [0.15, 0.2) is 88.4 Å². The van der Waals surface area contributed by atoms with Crippen LogP contribution in [-0.2, 0) is 14.6 Å². The first-order chi connectivity index (χ1) is 14.7. The van der Waals surface area contributed by atoms with E-state index < -0.39 is 38.3 Å². The minimum atomic E-state index is -4.22. The van der Waals surface area contributed by atoms with Crippen LogP contribution < -0.4 is 4.90 Å². The van der Waals surface area contributed by atoms with Crippen molar-refractivity contribution < 1.29 is 22.7 Å². The molecule has 5 nitrogen and oxygen atoms in total. The molecule has 1 unspecified atom stereocenters. The lowest BCUT2D eigenvalue weighted by atomic mass is 10.1. The largest absolute Gasteiger partial charge is 0.502 e. The maximum atomic E-state index is 13.6. The summed E-state index contributed by atoms with van der Waals surface area (Å²) in [6.07, 6.45) is 0. The van der Waals surface area contributed by atoms with Crippen LogP contribution in [-0.4, -0.2) is 19.4 Å². The smallest absolute Gasteiger partial charge is 0.295 e. The molecule has 0 aromatic heterocycles. The second-order valence-electron chi connectivity index (χ2n) is 7.49. The number of anilines is 1. The highest BCUT2D eigenvalue weighted by molar-refractivity contribution is 7.95. The van der Waals surface area contributed by atoms with Crippen molar-refractivity contribution in [1.82, 2.24) is 0 Å². The summed E-state index contributed by atoms with van der Waals surface area (Å²) in [5.74, 6) is -2.16. The number of aliphatic hydroxyl groups excluding tert-OH is 1. The van der Waals surface area contributed by atoms with Crippen molar-refractivity contribution in [3.05, 3.63) is 106 Å². The first kappa shape index (κ1) is 20.8. The van der Waals surface area contributed by atoms with Crippen molar-refractivity contribution in [3.8, 4) is 0 Å². The van der Waals surface area contributed by atoms with Gasteiger partial charge in [-0.15, -0.1) is 0 Å². The fourth-order valence-corrected chi connectivity index (χ4v) is 5.24. The SMILES string of the molecule is Cc1ccc(N2C(=O)C(O)=C(S(=O)(=O)c3ccc(C)cc3)C2c2ccc(F)cc2)cc1. The molecule has 0 fully saturated rings. The van der Waals surface area contributed by atoms with Crippen molar-refractivity contribution in [2.45, 2.75) is 24.8 Å². The van der Waals surface area contributed by atoms with Crippen molar-refractivity contribution in [1.29, 1.82) is 0 Å². The van der Waals surface area contributed by atoms with E-state index in [1.165, 1.54) is 41.3 Å². The van der Waals surface area contributed by atoms with E-state index in [0.717, 1.165) is 11.1 Å². The maximum absolute atomic E-state index is 13.6. The molecule has 0 spiro atoms. The topological polar surface area (TPSA) is 74.7 Å². The summed E-state index contributed by atoms with van der Waals surface area (Å²) < 4.78 is 40.6. The maximum Gasteiger partial charge on any atom is 0.295 e. The predicted molar refractivity (Wildman–Crippen MR) is 116 cm³/mol. The zero-order chi connectivity index (χ0) is 22.3. The Labute approximate surface area is 180 Å². The van der Waals surface area contributed by atoms with Gasteiger partial charge < -0.3 is 5.11 Å². The molecule has 1 aliphatic heterocycles. The van der Waals surface area contributed by atoms with Gasteiger partial charge in [-0.1, -0.05) is 47.5 Å². The second kappa shape index (κ2) is 7.67. The summed E-state index contributed by atoms with van der Waals surface area (Å²) in [5.41, 5.74) is 2.62. The average molecular weight is 437 g/mol. The Bertz CT molecular complexity index is 1280.